The van der Waals surface area contributed by atoms with E-state index in [4.69, 9.17) is 0 Å². The van der Waals surface area contributed by atoms with Crippen LogP contribution in [0, 0.1) is 11.3 Å². The van der Waals surface area contributed by atoms with E-state index in [0.717, 1.165) is 19.5 Å². The van der Waals surface area contributed by atoms with E-state index in [1.165, 1.54) is 0 Å². The number of carboxylic acids is 1. The van der Waals surface area contributed by atoms with Gasteiger partial charge in [-0.3, -0.25) is 9.59 Å². The smallest absolute Gasteiger partial charge is 0.310 e. The highest BCUT2D eigenvalue weighted by atomic mass is 16.4. The molecular weight excluding hydrogens is 256 g/mol. The first-order valence-electron chi connectivity index (χ1n) is 7.56. The highest BCUT2D eigenvalue weighted by molar-refractivity contribution is 5.85. The first kappa shape index (κ1) is 17.0. The van der Waals surface area contributed by atoms with E-state index in [9.17, 15) is 14.7 Å². The van der Waals surface area contributed by atoms with Gasteiger partial charge in [0.2, 0.25) is 5.91 Å². The molecule has 0 aromatic carbocycles. The van der Waals surface area contributed by atoms with Gasteiger partial charge in [-0.25, -0.2) is 0 Å². The molecule has 1 rings (SSSR count). The van der Waals surface area contributed by atoms with Crippen LogP contribution in [0.1, 0.15) is 46.5 Å². The molecule has 1 heterocycles. The zero-order valence-corrected chi connectivity index (χ0v) is 13.1. The first-order valence-corrected chi connectivity index (χ1v) is 7.56. The largest absolute Gasteiger partial charge is 0.481 e. The van der Waals surface area contributed by atoms with Crippen LogP contribution < -0.4 is 5.32 Å². The summed E-state index contributed by atoms with van der Waals surface area (Å²) in [6.45, 7) is 7.74. The Morgan fingerprint density at radius 3 is 2.40 bits per heavy atom. The highest BCUT2D eigenvalue weighted by Crippen LogP contribution is 2.31. The third-order valence-corrected chi connectivity index (χ3v) is 4.76. The standard InChI is InChI=1S/C15H28N2O3/c1-5-15(6-2,14(19)20)9-13(18)16-12-7-8-17(4)10-11(12)3/h11-12H,5-10H2,1-4H3,(H,16,18)(H,19,20). The Morgan fingerprint density at radius 1 is 1.35 bits per heavy atom. The number of carbonyl (C=O) groups excluding carboxylic acids is 1. The van der Waals surface area contributed by atoms with Crippen molar-refractivity contribution in [2.75, 3.05) is 20.1 Å². The van der Waals surface area contributed by atoms with E-state index in [0.29, 0.717) is 18.8 Å². The van der Waals surface area contributed by atoms with Gasteiger partial charge in [-0.2, -0.15) is 0 Å². The van der Waals surface area contributed by atoms with Crippen molar-refractivity contribution < 1.29 is 14.7 Å². The van der Waals surface area contributed by atoms with Crippen molar-refractivity contribution >= 4 is 11.9 Å². The maximum absolute atomic E-state index is 12.2. The molecule has 0 aromatic heterocycles. The van der Waals surface area contributed by atoms with Crippen LogP contribution >= 0.6 is 0 Å². The summed E-state index contributed by atoms with van der Waals surface area (Å²) in [7, 11) is 2.08. The molecular formula is C15H28N2O3. The highest BCUT2D eigenvalue weighted by Gasteiger charge is 2.38. The average Bonchev–Trinajstić information content (AvgIpc) is 2.39. The number of rotatable bonds is 6. The summed E-state index contributed by atoms with van der Waals surface area (Å²) < 4.78 is 0. The van der Waals surface area contributed by atoms with Gasteiger partial charge < -0.3 is 15.3 Å². The van der Waals surface area contributed by atoms with Crippen molar-refractivity contribution in [1.82, 2.24) is 10.2 Å². The minimum atomic E-state index is -0.918. The molecule has 1 aliphatic heterocycles. The lowest BCUT2D eigenvalue weighted by Crippen LogP contribution is -2.50. The molecule has 0 aromatic rings. The van der Waals surface area contributed by atoms with Crippen molar-refractivity contribution in [2.45, 2.75) is 52.5 Å². The predicted octanol–water partition coefficient (Wildman–Crippen LogP) is 1.72. The lowest BCUT2D eigenvalue weighted by atomic mass is 9.79. The molecule has 0 saturated carbocycles. The molecule has 1 saturated heterocycles. The van der Waals surface area contributed by atoms with Gasteiger partial charge in [0.15, 0.2) is 0 Å². The molecule has 0 aliphatic carbocycles. The van der Waals surface area contributed by atoms with Gasteiger partial charge in [0.25, 0.3) is 0 Å². The van der Waals surface area contributed by atoms with E-state index in [-0.39, 0.29) is 18.4 Å². The van der Waals surface area contributed by atoms with E-state index < -0.39 is 11.4 Å². The number of nitrogens with one attached hydrogen (secondary N) is 1. The molecule has 0 spiro atoms. The molecule has 2 atom stereocenters. The molecule has 1 fully saturated rings. The quantitative estimate of drug-likeness (QED) is 0.779. The van der Waals surface area contributed by atoms with Crippen LogP contribution in [0.4, 0.5) is 0 Å². The minimum absolute atomic E-state index is 0.0778. The van der Waals surface area contributed by atoms with Crippen LogP contribution in [0.3, 0.4) is 0 Å². The van der Waals surface area contributed by atoms with Crippen molar-refractivity contribution in [1.29, 1.82) is 0 Å². The molecule has 5 nitrogen and oxygen atoms in total. The summed E-state index contributed by atoms with van der Waals surface area (Å²) in [5, 5.41) is 12.4. The van der Waals surface area contributed by atoms with Crippen LogP contribution in [0.25, 0.3) is 0 Å². The van der Waals surface area contributed by atoms with E-state index >= 15 is 0 Å². The Balaban J connectivity index is 2.60. The monoisotopic (exact) mass is 284 g/mol. The number of aliphatic carboxylic acids is 1. The predicted molar refractivity (Wildman–Crippen MR) is 78.5 cm³/mol. The van der Waals surface area contributed by atoms with Gasteiger partial charge in [-0.05, 0) is 38.8 Å². The molecule has 20 heavy (non-hydrogen) atoms. The van der Waals surface area contributed by atoms with Gasteiger partial charge in [0.1, 0.15) is 0 Å². The van der Waals surface area contributed by atoms with Crippen molar-refractivity contribution in [3.8, 4) is 0 Å². The third kappa shape index (κ3) is 3.95. The minimum Gasteiger partial charge on any atom is -0.481 e. The Bertz CT molecular complexity index is 353. The van der Waals surface area contributed by atoms with Crippen LogP contribution in [0.15, 0.2) is 0 Å². The second-order valence-electron chi connectivity index (χ2n) is 6.17. The second kappa shape index (κ2) is 7.07. The number of hydrogen-bond donors (Lipinski definition) is 2. The van der Waals surface area contributed by atoms with Crippen molar-refractivity contribution in [3.63, 3.8) is 0 Å². The number of carboxylic acid groups (broad SMARTS) is 1. The van der Waals surface area contributed by atoms with Gasteiger partial charge >= 0.3 is 5.97 Å². The molecule has 116 valence electrons. The Morgan fingerprint density at radius 2 is 1.95 bits per heavy atom. The summed E-state index contributed by atoms with van der Waals surface area (Å²) >= 11 is 0. The Kier molecular flexibility index (Phi) is 5.99. The van der Waals surface area contributed by atoms with Crippen LogP contribution in [0.5, 0.6) is 0 Å². The summed E-state index contributed by atoms with van der Waals surface area (Å²) in [5.74, 6) is -0.591. The van der Waals surface area contributed by atoms with Gasteiger partial charge in [0, 0.05) is 19.0 Å². The van der Waals surface area contributed by atoms with Crippen molar-refractivity contribution in [3.05, 3.63) is 0 Å². The molecule has 0 radical (unpaired) electrons. The van der Waals surface area contributed by atoms with E-state index in [1.54, 1.807) is 0 Å². The van der Waals surface area contributed by atoms with E-state index in [2.05, 4.69) is 24.2 Å². The summed E-state index contributed by atoms with van der Waals surface area (Å²) in [4.78, 5) is 25.9. The fraction of sp³-hybridized carbons (Fsp3) is 0.867. The summed E-state index contributed by atoms with van der Waals surface area (Å²) in [6.07, 6.45) is 1.97. The van der Waals surface area contributed by atoms with Crippen LogP contribution in [0.2, 0.25) is 0 Å². The lowest BCUT2D eigenvalue weighted by Gasteiger charge is -2.36. The van der Waals surface area contributed by atoms with Gasteiger partial charge in [0.05, 0.1) is 5.41 Å². The topological polar surface area (TPSA) is 69.6 Å². The van der Waals surface area contributed by atoms with Gasteiger partial charge in [-0.1, -0.05) is 20.8 Å². The Hall–Kier alpha value is -1.10. The molecule has 1 amide bonds. The van der Waals surface area contributed by atoms with Crippen LogP contribution in [-0.4, -0.2) is 48.1 Å². The number of likely N-dealkylation sites (tertiary alicyclic amines) is 1. The average molecular weight is 284 g/mol. The normalized spacial score (nSPS) is 24.4. The fourth-order valence-corrected chi connectivity index (χ4v) is 3.01. The van der Waals surface area contributed by atoms with Crippen molar-refractivity contribution in [2.24, 2.45) is 11.3 Å². The second-order valence-corrected chi connectivity index (χ2v) is 6.17. The maximum atomic E-state index is 12.2. The van der Waals surface area contributed by atoms with Crippen LogP contribution in [-0.2, 0) is 9.59 Å². The Labute approximate surface area is 121 Å². The number of piperidine rings is 1. The molecule has 1 aliphatic rings. The summed E-state index contributed by atoms with van der Waals surface area (Å²) in [5.41, 5.74) is -0.918. The molecule has 5 heteroatoms. The molecule has 2 unspecified atom stereocenters. The third-order valence-electron chi connectivity index (χ3n) is 4.76. The van der Waals surface area contributed by atoms with Gasteiger partial charge in [-0.15, -0.1) is 0 Å². The number of hydrogen-bond acceptors (Lipinski definition) is 3. The summed E-state index contributed by atoms with van der Waals surface area (Å²) in [6, 6.07) is 0.166. The van der Waals surface area contributed by atoms with E-state index in [1.807, 2.05) is 13.8 Å². The fourth-order valence-electron chi connectivity index (χ4n) is 3.01. The number of carbonyl (C=O) groups is 2. The zero-order valence-electron chi connectivity index (χ0n) is 13.1. The zero-order chi connectivity index (χ0) is 15.3. The molecule has 2 N–H and O–H groups in total. The SMILES string of the molecule is CCC(CC)(CC(=O)NC1CCN(C)CC1C)C(=O)O. The molecule has 0 bridgehead atoms. The lowest BCUT2D eigenvalue weighted by molar-refractivity contribution is -0.152. The number of amides is 1. The first-order chi connectivity index (χ1) is 9.34. The number of nitrogens with zero attached hydrogens (tertiary/aromatic N) is 1. The maximum Gasteiger partial charge on any atom is 0.310 e.